The van der Waals surface area contributed by atoms with Crippen molar-refractivity contribution in [3.8, 4) is 0 Å². The number of anilines is 1. The summed E-state index contributed by atoms with van der Waals surface area (Å²) in [7, 11) is 1.88. The molecule has 0 aromatic carbocycles. The molecule has 2 aromatic heterocycles. The third-order valence-electron chi connectivity index (χ3n) is 3.20. The van der Waals surface area contributed by atoms with Gasteiger partial charge in [0.05, 0.1) is 0 Å². The fourth-order valence-electron chi connectivity index (χ4n) is 2.28. The normalized spacial score (nSPS) is 15.9. The highest BCUT2D eigenvalue weighted by Gasteiger charge is 2.11. The lowest BCUT2D eigenvalue weighted by atomic mass is 10.0. The number of hydrogen-bond donors (Lipinski definition) is 3. The molecule has 88 valence electrons. The molecule has 3 N–H and O–H groups in total. The Morgan fingerprint density at radius 2 is 2.29 bits per heavy atom. The molecule has 3 rings (SSSR count). The zero-order valence-corrected chi connectivity index (χ0v) is 9.88. The molecule has 0 saturated heterocycles. The van der Waals surface area contributed by atoms with Crippen molar-refractivity contribution in [2.45, 2.75) is 6.42 Å². The Morgan fingerprint density at radius 3 is 3.06 bits per heavy atom. The van der Waals surface area contributed by atoms with Crippen LogP contribution in [0, 0.1) is 0 Å². The maximum Gasteiger partial charge on any atom is 0.140 e. The van der Waals surface area contributed by atoms with E-state index in [1.807, 2.05) is 13.1 Å². The largest absolute Gasteiger partial charge is 0.373 e. The minimum Gasteiger partial charge on any atom is -0.373 e. The Kier molecular flexibility index (Phi) is 2.57. The molecule has 0 fully saturated rings. The Morgan fingerprint density at radius 1 is 1.35 bits per heavy atom. The number of pyridine rings is 1. The van der Waals surface area contributed by atoms with Crippen LogP contribution in [0.2, 0.25) is 0 Å². The van der Waals surface area contributed by atoms with Gasteiger partial charge in [-0.15, -0.1) is 0 Å². The molecule has 1 aliphatic heterocycles. The summed E-state index contributed by atoms with van der Waals surface area (Å²) in [4.78, 5) is 7.75. The molecular weight excluding hydrogens is 212 g/mol. The third-order valence-corrected chi connectivity index (χ3v) is 3.20. The quantitative estimate of drug-likeness (QED) is 0.736. The summed E-state index contributed by atoms with van der Waals surface area (Å²) in [5, 5.41) is 7.59. The average molecular weight is 228 g/mol. The van der Waals surface area contributed by atoms with Crippen molar-refractivity contribution in [3.63, 3.8) is 0 Å². The molecule has 2 aromatic rings. The number of fused-ring (bicyclic) bond motifs is 1. The lowest BCUT2D eigenvalue weighted by Gasteiger charge is -2.13. The highest BCUT2D eigenvalue weighted by Crippen LogP contribution is 2.27. The van der Waals surface area contributed by atoms with Gasteiger partial charge in [0.1, 0.15) is 11.5 Å². The Labute approximate surface area is 100 Å². The van der Waals surface area contributed by atoms with Gasteiger partial charge in [0.25, 0.3) is 0 Å². The molecule has 0 aliphatic carbocycles. The number of H-pyrrole nitrogens is 1. The van der Waals surface area contributed by atoms with Crippen LogP contribution in [0.15, 0.2) is 24.4 Å². The highest BCUT2D eigenvalue weighted by atomic mass is 15.0. The standard InChI is InChI=1S/C13H16N4/c1-14-12-3-2-10-11(8-16-13(10)17-12)9-4-6-15-7-5-9/h2-4,8,15H,5-7H2,1H3,(H2,14,16,17). The van der Waals surface area contributed by atoms with Crippen LogP contribution < -0.4 is 10.6 Å². The summed E-state index contributed by atoms with van der Waals surface area (Å²) in [6, 6.07) is 4.14. The van der Waals surface area contributed by atoms with E-state index >= 15 is 0 Å². The molecule has 0 saturated carbocycles. The van der Waals surface area contributed by atoms with E-state index in [1.165, 1.54) is 16.5 Å². The maximum atomic E-state index is 4.50. The lowest BCUT2D eigenvalue weighted by molar-refractivity contribution is 0.739. The summed E-state index contributed by atoms with van der Waals surface area (Å²) in [6.07, 6.45) is 5.41. The molecule has 0 bridgehead atoms. The van der Waals surface area contributed by atoms with Crippen molar-refractivity contribution in [1.29, 1.82) is 0 Å². The molecule has 4 nitrogen and oxygen atoms in total. The van der Waals surface area contributed by atoms with E-state index in [0.29, 0.717) is 0 Å². The van der Waals surface area contributed by atoms with Crippen LogP contribution >= 0.6 is 0 Å². The van der Waals surface area contributed by atoms with Crippen molar-refractivity contribution >= 4 is 22.4 Å². The van der Waals surface area contributed by atoms with Gasteiger partial charge in [0.15, 0.2) is 0 Å². The minimum absolute atomic E-state index is 0.894. The van der Waals surface area contributed by atoms with E-state index in [2.05, 4.69) is 38.9 Å². The van der Waals surface area contributed by atoms with Crippen LogP contribution in [0.3, 0.4) is 0 Å². The molecule has 1 aliphatic rings. The number of nitrogens with zero attached hydrogens (tertiary/aromatic N) is 1. The molecule has 0 radical (unpaired) electrons. The van der Waals surface area contributed by atoms with Gasteiger partial charge in [-0.05, 0) is 30.7 Å². The van der Waals surface area contributed by atoms with Gasteiger partial charge in [-0.1, -0.05) is 6.08 Å². The average Bonchev–Trinajstić information content (AvgIpc) is 2.82. The first-order valence-corrected chi connectivity index (χ1v) is 5.94. The van der Waals surface area contributed by atoms with Gasteiger partial charge >= 0.3 is 0 Å². The molecule has 4 heteroatoms. The topological polar surface area (TPSA) is 52.7 Å². The van der Waals surface area contributed by atoms with Gasteiger partial charge in [-0.2, -0.15) is 0 Å². The Balaban J connectivity index is 2.08. The molecule has 0 atom stereocenters. The second kappa shape index (κ2) is 4.22. The zero-order valence-electron chi connectivity index (χ0n) is 9.88. The number of aromatic amines is 1. The van der Waals surface area contributed by atoms with Crippen molar-refractivity contribution in [3.05, 3.63) is 30.0 Å². The Hall–Kier alpha value is -1.81. The fraction of sp³-hybridized carbons (Fsp3) is 0.308. The maximum absolute atomic E-state index is 4.50. The zero-order chi connectivity index (χ0) is 11.7. The van der Waals surface area contributed by atoms with Gasteiger partial charge < -0.3 is 15.6 Å². The second-order valence-corrected chi connectivity index (χ2v) is 4.23. The van der Waals surface area contributed by atoms with E-state index in [0.717, 1.165) is 31.0 Å². The van der Waals surface area contributed by atoms with Crippen LogP contribution in [0.5, 0.6) is 0 Å². The summed E-state index contributed by atoms with van der Waals surface area (Å²) in [6.45, 7) is 2.02. The van der Waals surface area contributed by atoms with E-state index in [1.54, 1.807) is 0 Å². The van der Waals surface area contributed by atoms with Gasteiger partial charge in [0, 0.05) is 30.7 Å². The van der Waals surface area contributed by atoms with Gasteiger partial charge in [-0.25, -0.2) is 4.98 Å². The molecule has 17 heavy (non-hydrogen) atoms. The smallest absolute Gasteiger partial charge is 0.140 e. The fourth-order valence-corrected chi connectivity index (χ4v) is 2.28. The molecule has 0 unspecified atom stereocenters. The van der Waals surface area contributed by atoms with E-state index in [-0.39, 0.29) is 0 Å². The first kappa shape index (κ1) is 10.4. The summed E-state index contributed by atoms with van der Waals surface area (Å²) in [5.41, 5.74) is 3.65. The van der Waals surface area contributed by atoms with E-state index in [4.69, 9.17) is 0 Å². The van der Waals surface area contributed by atoms with Gasteiger partial charge in [-0.3, -0.25) is 0 Å². The predicted molar refractivity (Wildman–Crippen MR) is 71.1 cm³/mol. The van der Waals surface area contributed by atoms with Crippen molar-refractivity contribution in [2.75, 3.05) is 25.5 Å². The number of nitrogens with one attached hydrogen (secondary N) is 3. The Bertz CT molecular complexity index is 568. The third kappa shape index (κ3) is 1.80. The molecule has 3 heterocycles. The first-order valence-electron chi connectivity index (χ1n) is 5.94. The van der Waals surface area contributed by atoms with Crippen LogP contribution in [0.4, 0.5) is 5.82 Å². The predicted octanol–water partition coefficient (Wildman–Crippen LogP) is 1.98. The van der Waals surface area contributed by atoms with E-state index < -0.39 is 0 Å². The number of hydrogen-bond acceptors (Lipinski definition) is 3. The van der Waals surface area contributed by atoms with E-state index in [9.17, 15) is 0 Å². The summed E-state index contributed by atoms with van der Waals surface area (Å²) in [5.74, 6) is 0.894. The van der Waals surface area contributed by atoms with Crippen LogP contribution in [0.25, 0.3) is 16.6 Å². The SMILES string of the molecule is CNc1ccc2c(C3=CCNCC3)c[nH]c2n1. The van der Waals surface area contributed by atoms with Crippen molar-refractivity contribution < 1.29 is 0 Å². The molecule has 0 spiro atoms. The van der Waals surface area contributed by atoms with Crippen LogP contribution in [0.1, 0.15) is 12.0 Å². The monoisotopic (exact) mass is 228 g/mol. The first-order chi connectivity index (χ1) is 8.38. The number of rotatable bonds is 2. The molecule has 0 amide bonds. The summed E-state index contributed by atoms with van der Waals surface area (Å²) >= 11 is 0. The van der Waals surface area contributed by atoms with Gasteiger partial charge in [0.2, 0.25) is 0 Å². The lowest BCUT2D eigenvalue weighted by Crippen LogP contribution is -2.19. The minimum atomic E-state index is 0.894. The van der Waals surface area contributed by atoms with Crippen molar-refractivity contribution in [2.24, 2.45) is 0 Å². The van der Waals surface area contributed by atoms with Crippen LogP contribution in [-0.4, -0.2) is 30.1 Å². The van der Waals surface area contributed by atoms with Crippen molar-refractivity contribution in [1.82, 2.24) is 15.3 Å². The number of aromatic nitrogens is 2. The second-order valence-electron chi connectivity index (χ2n) is 4.23. The van der Waals surface area contributed by atoms with Crippen LogP contribution in [-0.2, 0) is 0 Å². The summed E-state index contributed by atoms with van der Waals surface area (Å²) < 4.78 is 0. The molecular formula is C13H16N4. The highest BCUT2D eigenvalue weighted by molar-refractivity contribution is 5.91.